The molecule has 0 aromatic carbocycles. The average molecular weight is 298 g/mol. The highest BCUT2D eigenvalue weighted by atomic mass is 15.3. The van der Waals surface area contributed by atoms with Gasteiger partial charge in [0.05, 0.1) is 17.3 Å². The number of anilines is 1. The molecule has 0 aliphatic carbocycles. The lowest BCUT2D eigenvalue weighted by Crippen LogP contribution is -2.23. The van der Waals surface area contributed by atoms with Gasteiger partial charge in [0.2, 0.25) is 0 Å². The molecule has 0 aliphatic heterocycles. The quantitative estimate of drug-likeness (QED) is 0.799. The summed E-state index contributed by atoms with van der Waals surface area (Å²) in [6, 6.07) is 5.64. The molecule has 6 heteroatoms. The Morgan fingerprint density at radius 1 is 1.32 bits per heavy atom. The summed E-state index contributed by atoms with van der Waals surface area (Å²) >= 11 is 0. The summed E-state index contributed by atoms with van der Waals surface area (Å²) in [6.45, 7) is 8.63. The molecule has 0 saturated carbocycles. The smallest absolute Gasteiger partial charge is 0.143 e. The number of nitrogens with zero attached hydrogens (tertiary/aromatic N) is 4. The Hall–Kier alpha value is -2.39. The van der Waals surface area contributed by atoms with Crippen LogP contribution in [0.2, 0.25) is 0 Å². The molecule has 2 aromatic rings. The highest BCUT2D eigenvalue weighted by Crippen LogP contribution is 2.13. The van der Waals surface area contributed by atoms with E-state index in [1.807, 2.05) is 10.9 Å². The summed E-state index contributed by atoms with van der Waals surface area (Å²) < 4.78 is 1.97. The van der Waals surface area contributed by atoms with Crippen LogP contribution in [0.4, 0.5) is 5.82 Å². The molecule has 116 valence electrons. The first-order valence-electron chi connectivity index (χ1n) is 7.34. The van der Waals surface area contributed by atoms with Gasteiger partial charge in [-0.05, 0) is 32.9 Å². The Kier molecular flexibility index (Phi) is 5.12. The van der Waals surface area contributed by atoms with Crippen LogP contribution in [0.5, 0.6) is 0 Å². The van der Waals surface area contributed by atoms with Crippen LogP contribution in [0.1, 0.15) is 31.9 Å². The van der Waals surface area contributed by atoms with Gasteiger partial charge in [0.15, 0.2) is 0 Å². The van der Waals surface area contributed by atoms with Gasteiger partial charge in [-0.15, -0.1) is 0 Å². The molecule has 2 heterocycles. The number of aromatic nitrogens is 3. The fourth-order valence-electron chi connectivity index (χ4n) is 1.96. The lowest BCUT2D eigenvalue weighted by atomic mass is 10.1. The zero-order chi connectivity index (χ0) is 16.0. The van der Waals surface area contributed by atoms with Gasteiger partial charge in [-0.3, -0.25) is 4.68 Å². The van der Waals surface area contributed by atoms with Gasteiger partial charge in [0.25, 0.3) is 0 Å². The molecule has 2 N–H and O–H groups in total. The van der Waals surface area contributed by atoms with E-state index in [1.54, 1.807) is 18.3 Å². The summed E-state index contributed by atoms with van der Waals surface area (Å²) in [5.74, 6) is 0.632. The van der Waals surface area contributed by atoms with Crippen molar-refractivity contribution in [3.63, 3.8) is 0 Å². The van der Waals surface area contributed by atoms with Crippen LogP contribution in [0, 0.1) is 11.3 Å². The van der Waals surface area contributed by atoms with Gasteiger partial charge in [0, 0.05) is 37.6 Å². The van der Waals surface area contributed by atoms with E-state index in [-0.39, 0.29) is 5.54 Å². The fourth-order valence-corrected chi connectivity index (χ4v) is 1.96. The molecule has 0 radical (unpaired) electrons. The predicted molar refractivity (Wildman–Crippen MR) is 86.4 cm³/mol. The zero-order valence-electron chi connectivity index (χ0n) is 13.3. The molecule has 2 aromatic heterocycles. The maximum Gasteiger partial charge on any atom is 0.143 e. The highest BCUT2D eigenvalue weighted by molar-refractivity contribution is 5.51. The van der Waals surface area contributed by atoms with Crippen molar-refractivity contribution in [3.05, 3.63) is 41.9 Å². The maximum absolute atomic E-state index is 8.98. The minimum Gasteiger partial charge on any atom is -0.368 e. The first-order valence-corrected chi connectivity index (χ1v) is 7.34. The van der Waals surface area contributed by atoms with Gasteiger partial charge in [-0.2, -0.15) is 10.4 Å². The molecule has 0 saturated heterocycles. The Labute approximate surface area is 131 Å². The number of pyridine rings is 1. The standard InChI is InChI=1S/C16H22N6/c1-16(2,3)22-12-13(11-21-22)10-18-7-8-20-15-14(9-17)5-4-6-19-15/h4-6,11-12,18H,7-8,10H2,1-3H3,(H,19,20). The van der Waals surface area contributed by atoms with E-state index in [9.17, 15) is 0 Å². The zero-order valence-corrected chi connectivity index (χ0v) is 13.3. The molecule has 0 aliphatic rings. The lowest BCUT2D eigenvalue weighted by Gasteiger charge is -2.18. The van der Waals surface area contributed by atoms with Crippen LogP contribution in [0.3, 0.4) is 0 Å². The van der Waals surface area contributed by atoms with Crippen molar-refractivity contribution in [3.8, 4) is 6.07 Å². The van der Waals surface area contributed by atoms with Crippen molar-refractivity contribution in [2.45, 2.75) is 32.9 Å². The number of hydrogen-bond acceptors (Lipinski definition) is 5. The van der Waals surface area contributed by atoms with Gasteiger partial charge >= 0.3 is 0 Å². The van der Waals surface area contributed by atoms with Crippen LogP contribution in [-0.2, 0) is 12.1 Å². The normalized spacial score (nSPS) is 11.2. The predicted octanol–water partition coefficient (Wildman–Crippen LogP) is 2.11. The van der Waals surface area contributed by atoms with Crippen LogP contribution in [-0.4, -0.2) is 27.9 Å². The van der Waals surface area contributed by atoms with Gasteiger partial charge in [-0.25, -0.2) is 4.98 Å². The average Bonchev–Trinajstić information content (AvgIpc) is 2.96. The second-order valence-corrected chi connectivity index (χ2v) is 6.08. The second kappa shape index (κ2) is 7.05. The number of nitrogens with one attached hydrogen (secondary N) is 2. The third kappa shape index (κ3) is 4.30. The van der Waals surface area contributed by atoms with Crippen LogP contribution >= 0.6 is 0 Å². The van der Waals surface area contributed by atoms with Crippen molar-refractivity contribution in [1.29, 1.82) is 5.26 Å². The molecule has 0 spiro atoms. The first-order chi connectivity index (χ1) is 10.5. The summed E-state index contributed by atoms with van der Waals surface area (Å²) in [5, 5.41) is 19.9. The Morgan fingerprint density at radius 2 is 2.14 bits per heavy atom. The van der Waals surface area contributed by atoms with E-state index < -0.39 is 0 Å². The number of rotatable bonds is 6. The van der Waals surface area contributed by atoms with Crippen LogP contribution in [0.15, 0.2) is 30.7 Å². The Morgan fingerprint density at radius 3 is 2.82 bits per heavy atom. The largest absolute Gasteiger partial charge is 0.368 e. The third-order valence-electron chi connectivity index (χ3n) is 3.17. The molecule has 0 fully saturated rings. The lowest BCUT2D eigenvalue weighted by molar-refractivity contribution is 0.355. The maximum atomic E-state index is 8.98. The molecule has 22 heavy (non-hydrogen) atoms. The molecular formula is C16H22N6. The number of nitriles is 1. The molecule has 0 bridgehead atoms. The van der Waals surface area contributed by atoms with Crippen molar-refractivity contribution < 1.29 is 0 Å². The summed E-state index contributed by atoms with van der Waals surface area (Å²) in [7, 11) is 0. The van der Waals surface area contributed by atoms with Crippen molar-refractivity contribution in [2.24, 2.45) is 0 Å². The topological polar surface area (TPSA) is 78.6 Å². The Bertz CT molecular complexity index is 647. The minimum absolute atomic E-state index is 0.00643. The second-order valence-electron chi connectivity index (χ2n) is 6.08. The van der Waals surface area contributed by atoms with Crippen LogP contribution < -0.4 is 10.6 Å². The van der Waals surface area contributed by atoms with Gasteiger partial charge in [-0.1, -0.05) is 0 Å². The highest BCUT2D eigenvalue weighted by Gasteiger charge is 2.13. The van der Waals surface area contributed by atoms with E-state index in [2.05, 4.69) is 53.8 Å². The molecule has 0 amide bonds. The molecule has 0 atom stereocenters. The monoisotopic (exact) mass is 298 g/mol. The molecule has 2 rings (SSSR count). The molecule has 6 nitrogen and oxygen atoms in total. The van der Waals surface area contributed by atoms with E-state index in [1.165, 1.54) is 0 Å². The fraction of sp³-hybridized carbons (Fsp3) is 0.438. The van der Waals surface area contributed by atoms with E-state index in [0.29, 0.717) is 17.9 Å². The van der Waals surface area contributed by atoms with E-state index in [0.717, 1.165) is 18.7 Å². The summed E-state index contributed by atoms with van der Waals surface area (Å²) in [4.78, 5) is 4.16. The number of hydrogen-bond donors (Lipinski definition) is 2. The molecular weight excluding hydrogens is 276 g/mol. The van der Waals surface area contributed by atoms with Gasteiger partial charge < -0.3 is 10.6 Å². The first kappa shape index (κ1) is 16.0. The Balaban J connectivity index is 1.74. The third-order valence-corrected chi connectivity index (χ3v) is 3.17. The van der Waals surface area contributed by atoms with E-state index in [4.69, 9.17) is 5.26 Å². The van der Waals surface area contributed by atoms with E-state index >= 15 is 0 Å². The SMILES string of the molecule is CC(C)(C)n1cc(CNCCNc2ncccc2C#N)cn1. The summed E-state index contributed by atoms with van der Waals surface area (Å²) in [6.07, 6.45) is 5.63. The summed E-state index contributed by atoms with van der Waals surface area (Å²) in [5.41, 5.74) is 1.73. The van der Waals surface area contributed by atoms with Crippen molar-refractivity contribution in [2.75, 3.05) is 18.4 Å². The van der Waals surface area contributed by atoms with Crippen molar-refractivity contribution in [1.82, 2.24) is 20.1 Å². The van der Waals surface area contributed by atoms with Gasteiger partial charge in [0.1, 0.15) is 11.9 Å². The van der Waals surface area contributed by atoms with Crippen molar-refractivity contribution >= 4 is 5.82 Å². The minimum atomic E-state index is 0.00643. The van der Waals surface area contributed by atoms with Crippen LogP contribution in [0.25, 0.3) is 0 Å². The molecule has 0 unspecified atom stereocenters.